The number of amides is 2. The van der Waals surface area contributed by atoms with Crippen LogP contribution < -0.4 is 5.32 Å². The number of thiazole rings is 1. The lowest BCUT2D eigenvalue weighted by atomic mass is 9.93. The molecule has 152 valence electrons. The fraction of sp³-hybridized carbons (Fsp3) is 0.762. The number of carbonyl (C=O) groups is 2. The quantitative estimate of drug-likeness (QED) is 0.554. The van der Waals surface area contributed by atoms with Crippen LogP contribution in [-0.2, 0) is 9.59 Å². The van der Waals surface area contributed by atoms with Gasteiger partial charge in [0.05, 0.1) is 5.69 Å². The van der Waals surface area contributed by atoms with Crippen LogP contribution in [0.15, 0.2) is 0 Å². The summed E-state index contributed by atoms with van der Waals surface area (Å²) >= 11 is 1.49. The van der Waals surface area contributed by atoms with Crippen molar-refractivity contribution < 1.29 is 9.59 Å². The minimum atomic E-state index is -0.131. The van der Waals surface area contributed by atoms with Gasteiger partial charge in [-0.2, -0.15) is 0 Å². The molecule has 6 heteroatoms. The average molecular weight is 394 g/mol. The number of carbonyl (C=O) groups excluding carboxylic acids is 2. The molecule has 1 fully saturated rings. The Labute approximate surface area is 167 Å². The van der Waals surface area contributed by atoms with E-state index in [0.29, 0.717) is 11.6 Å². The number of hydrogen-bond donors (Lipinski definition) is 1. The third-order valence-corrected chi connectivity index (χ3v) is 6.41. The molecule has 1 aliphatic rings. The summed E-state index contributed by atoms with van der Waals surface area (Å²) in [6, 6.07) is 0.215. The number of rotatable bonds is 10. The Morgan fingerprint density at radius 2 is 1.81 bits per heavy atom. The van der Waals surface area contributed by atoms with Crippen LogP contribution in [0.25, 0.3) is 0 Å². The van der Waals surface area contributed by atoms with Crippen LogP contribution in [0.2, 0.25) is 0 Å². The molecule has 1 saturated carbocycles. The van der Waals surface area contributed by atoms with E-state index >= 15 is 0 Å². The highest BCUT2D eigenvalue weighted by Crippen LogP contribution is 2.25. The molecule has 0 aliphatic heterocycles. The number of anilines is 1. The SMILES string of the molecule is CCCCCCCC(=O)N(CC(=O)Nc1nc(C)c(C)s1)C1CCCCC1. The Balaban J connectivity index is 1.92. The first-order valence-corrected chi connectivity index (χ1v) is 11.4. The Morgan fingerprint density at radius 3 is 2.44 bits per heavy atom. The van der Waals surface area contributed by atoms with Gasteiger partial charge in [-0.15, -0.1) is 11.3 Å². The molecule has 2 rings (SSSR count). The second kappa shape index (κ2) is 11.4. The van der Waals surface area contributed by atoms with Gasteiger partial charge in [0.2, 0.25) is 11.8 Å². The van der Waals surface area contributed by atoms with Crippen molar-refractivity contribution in [1.29, 1.82) is 0 Å². The number of hydrogen-bond acceptors (Lipinski definition) is 4. The Morgan fingerprint density at radius 1 is 1.11 bits per heavy atom. The molecule has 0 saturated heterocycles. The van der Waals surface area contributed by atoms with Gasteiger partial charge in [-0.3, -0.25) is 9.59 Å². The molecule has 1 N–H and O–H groups in total. The topological polar surface area (TPSA) is 62.3 Å². The van der Waals surface area contributed by atoms with Crippen LogP contribution in [0, 0.1) is 13.8 Å². The molecule has 0 aromatic carbocycles. The van der Waals surface area contributed by atoms with Gasteiger partial charge in [0.1, 0.15) is 6.54 Å². The van der Waals surface area contributed by atoms with Crippen molar-refractivity contribution in [2.24, 2.45) is 0 Å². The van der Waals surface area contributed by atoms with E-state index < -0.39 is 0 Å². The zero-order valence-corrected chi connectivity index (χ0v) is 18.0. The second-order valence-electron chi connectivity index (χ2n) is 7.69. The summed E-state index contributed by atoms with van der Waals surface area (Å²) in [5.41, 5.74) is 0.947. The summed E-state index contributed by atoms with van der Waals surface area (Å²) in [7, 11) is 0. The fourth-order valence-corrected chi connectivity index (χ4v) is 4.51. The first-order valence-electron chi connectivity index (χ1n) is 10.5. The van der Waals surface area contributed by atoms with Gasteiger partial charge in [0.15, 0.2) is 5.13 Å². The van der Waals surface area contributed by atoms with Gasteiger partial charge in [-0.1, -0.05) is 51.9 Å². The van der Waals surface area contributed by atoms with Crippen molar-refractivity contribution in [3.63, 3.8) is 0 Å². The van der Waals surface area contributed by atoms with Crippen LogP contribution in [-0.4, -0.2) is 34.3 Å². The molecule has 0 bridgehead atoms. The monoisotopic (exact) mass is 393 g/mol. The molecule has 27 heavy (non-hydrogen) atoms. The van der Waals surface area contributed by atoms with Crippen molar-refractivity contribution in [3.8, 4) is 0 Å². The summed E-state index contributed by atoms with van der Waals surface area (Å²) in [4.78, 5) is 32.8. The summed E-state index contributed by atoms with van der Waals surface area (Å²) < 4.78 is 0. The maximum atomic E-state index is 12.9. The van der Waals surface area contributed by atoms with Crippen molar-refractivity contribution in [1.82, 2.24) is 9.88 Å². The second-order valence-corrected chi connectivity index (χ2v) is 8.89. The number of nitrogens with zero attached hydrogens (tertiary/aromatic N) is 2. The minimum Gasteiger partial charge on any atom is -0.330 e. The van der Waals surface area contributed by atoms with E-state index in [2.05, 4.69) is 17.2 Å². The molecule has 0 spiro atoms. The lowest BCUT2D eigenvalue weighted by Crippen LogP contribution is -2.45. The summed E-state index contributed by atoms with van der Waals surface area (Å²) in [5, 5.41) is 3.52. The van der Waals surface area contributed by atoms with E-state index in [-0.39, 0.29) is 24.4 Å². The predicted octanol–water partition coefficient (Wildman–Crippen LogP) is 5.22. The molecule has 0 radical (unpaired) electrons. The zero-order chi connectivity index (χ0) is 19.6. The molecule has 1 heterocycles. The van der Waals surface area contributed by atoms with Crippen molar-refractivity contribution in [2.75, 3.05) is 11.9 Å². The number of aromatic nitrogens is 1. The Hall–Kier alpha value is -1.43. The van der Waals surface area contributed by atoms with Crippen LogP contribution in [0.5, 0.6) is 0 Å². The lowest BCUT2D eigenvalue weighted by molar-refractivity contribution is -0.137. The average Bonchev–Trinajstić information content (AvgIpc) is 2.97. The van der Waals surface area contributed by atoms with Crippen molar-refractivity contribution >= 4 is 28.3 Å². The van der Waals surface area contributed by atoms with E-state index in [9.17, 15) is 9.59 Å². The summed E-state index contributed by atoms with van der Waals surface area (Å²) in [6.07, 6.45) is 11.8. The van der Waals surface area contributed by atoms with E-state index in [1.807, 2.05) is 18.7 Å². The summed E-state index contributed by atoms with van der Waals surface area (Å²) in [6.45, 7) is 6.28. The standard InChI is InChI=1S/C21H35N3O2S/c1-4-5-6-7-11-14-20(26)24(18-12-9-8-10-13-18)15-19(25)23-21-22-16(2)17(3)27-21/h18H,4-15H2,1-3H3,(H,22,23,25). The highest BCUT2D eigenvalue weighted by atomic mass is 32.1. The normalized spacial score (nSPS) is 14.9. The number of aryl methyl sites for hydroxylation is 2. The lowest BCUT2D eigenvalue weighted by Gasteiger charge is -2.34. The first kappa shape index (κ1) is 21.9. The fourth-order valence-electron chi connectivity index (χ4n) is 3.68. The highest BCUT2D eigenvalue weighted by molar-refractivity contribution is 7.15. The molecular weight excluding hydrogens is 358 g/mol. The minimum absolute atomic E-state index is 0.131. The van der Waals surface area contributed by atoms with Gasteiger partial charge >= 0.3 is 0 Å². The number of nitrogens with one attached hydrogen (secondary N) is 1. The molecule has 1 aromatic rings. The molecule has 1 aromatic heterocycles. The third-order valence-electron chi connectivity index (χ3n) is 5.42. The third kappa shape index (κ3) is 7.24. The molecule has 0 atom stereocenters. The van der Waals surface area contributed by atoms with Crippen molar-refractivity contribution in [2.45, 2.75) is 97.4 Å². The van der Waals surface area contributed by atoms with E-state index in [1.165, 1.54) is 37.0 Å². The van der Waals surface area contributed by atoms with Gasteiger partial charge in [0, 0.05) is 17.3 Å². The maximum absolute atomic E-state index is 12.9. The molecule has 2 amide bonds. The maximum Gasteiger partial charge on any atom is 0.245 e. The van der Waals surface area contributed by atoms with Gasteiger partial charge < -0.3 is 10.2 Å². The van der Waals surface area contributed by atoms with Gasteiger partial charge in [0.25, 0.3) is 0 Å². The van der Waals surface area contributed by atoms with Crippen LogP contribution in [0.4, 0.5) is 5.13 Å². The van der Waals surface area contributed by atoms with Gasteiger partial charge in [-0.05, 0) is 33.1 Å². The molecule has 0 unspecified atom stereocenters. The van der Waals surface area contributed by atoms with Gasteiger partial charge in [-0.25, -0.2) is 4.98 Å². The number of unbranched alkanes of at least 4 members (excludes halogenated alkanes) is 4. The molecule has 5 nitrogen and oxygen atoms in total. The molecular formula is C21H35N3O2S. The van der Waals surface area contributed by atoms with Crippen LogP contribution in [0.1, 0.15) is 88.1 Å². The van der Waals surface area contributed by atoms with E-state index in [0.717, 1.165) is 49.1 Å². The Bertz CT molecular complexity index is 589. The molecule has 1 aliphatic carbocycles. The predicted molar refractivity (Wildman–Crippen MR) is 112 cm³/mol. The smallest absolute Gasteiger partial charge is 0.245 e. The zero-order valence-electron chi connectivity index (χ0n) is 17.2. The highest BCUT2D eigenvalue weighted by Gasteiger charge is 2.27. The van der Waals surface area contributed by atoms with Crippen LogP contribution in [0.3, 0.4) is 0 Å². The van der Waals surface area contributed by atoms with Crippen molar-refractivity contribution in [3.05, 3.63) is 10.6 Å². The van der Waals surface area contributed by atoms with E-state index in [4.69, 9.17) is 0 Å². The largest absolute Gasteiger partial charge is 0.330 e. The van der Waals surface area contributed by atoms with Crippen LogP contribution >= 0.6 is 11.3 Å². The summed E-state index contributed by atoms with van der Waals surface area (Å²) in [5.74, 6) is 0.00806. The Kier molecular flexibility index (Phi) is 9.25. The first-order chi connectivity index (χ1) is 13.0. The van der Waals surface area contributed by atoms with E-state index in [1.54, 1.807) is 0 Å².